The highest BCUT2D eigenvalue weighted by Gasteiger charge is 2.30. The summed E-state index contributed by atoms with van der Waals surface area (Å²) in [5.41, 5.74) is 1.73. The Kier molecular flexibility index (Phi) is 8.60. The summed E-state index contributed by atoms with van der Waals surface area (Å²) in [5.74, 6) is 0.521. The summed E-state index contributed by atoms with van der Waals surface area (Å²) in [4.78, 5) is 24.4. The number of hydrogen-bond acceptors (Lipinski definition) is 8. The van der Waals surface area contributed by atoms with Gasteiger partial charge in [-0.15, -0.1) is 11.3 Å². The molecular formula is C23H30F3N3O3S2. The van der Waals surface area contributed by atoms with Crippen LogP contribution in [0.25, 0.3) is 0 Å². The molecule has 4 heterocycles. The van der Waals surface area contributed by atoms with E-state index in [-0.39, 0.29) is 23.0 Å². The predicted octanol–water partition coefficient (Wildman–Crippen LogP) is 4.64. The van der Waals surface area contributed by atoms with Gasteiger partial charge in [-0.05, 0) is 38.5 Å². The number of carbonyl (C=O) groups is 1. The largest absolute Gasteiger partial charge is 0.460 e. The number of alkyl halides is 3. The predicted molar refractivity (Wildman–Crippen MR) is 125 cm³/mol. The normalized spacial score (nSPS) is 21.8. The van der Waals surface area contributed by atoms with E-state index in [1.165, 1.54) is 11.3 Å². The number of carbonyl (C=O) groups excluding carboxylic acids is 1. The third-order valence-corrected chi connectivity index (χ3v) is 8.12. The highest BCUT2D eigenvalue weighted by molar-refractivity contribution is 7.13. The lowest BCUT2D eigenvalue weighted by molar-refractivity contribution is -0.153. The molecule has 2 aliphatic rings. The fourth-order valence-corrected chi connectivity index (χ4v) is 6.03. The number of nitrogens with zero attached hydrogens (tertiary/aromatic N) is 3. The van der Waals surface area contributed by atoms with Crippen molar-refractivity contribution < 1.29 is 27.4 Å². The van der Waals surface area contributed by atoms with Gasteiger partial charge in [-0.1, -0.05) is 11.3 Å². The molecule has 0 spiro atoms. The van der Waals surface area contributed by atoms with E-state index in [2.05, 4.69) is 14.9 Å². The van der Waals surface area contributed by atoms with Crippen LogP contribution in [0.2, 0.25) is 0 Å². The second kappa shape index (κ2) is 11.5. The van der Waals surface area contributed by atoms with Crippen molar-refractivity contribution in [1.29, 1.82) is 0 Å². The van der Waals surface area contributed by atoms with Gasteiger partial charge >= 0.3 is 6.18 Å². The highest BCUT2D eigenvalue weighted by Crippen LogP contribution is 2.30. The molecule has 1 fully saturated rings. The first-order valence-corrected chi connectivity index (χ1v) is 13.4. The third-order valence-electron chi connectivity index (χ3n) is 6.23. The van der Waals surface area contributed by atoms with E-state index in [9.17, 15) is 18.0 Å². The Balaban J connectivity index is 1.13. The molecule has 2 aromatic heterocycles. The van der Waals surface area contributed by atoms with Crippen molar-refractivity contribution >= 4 is 28.5 Å². The summed E-state index contributed by atoms with van der Waals surface area (Å²) in [5, 5.41) is 3.06. The SMILES string of the molecule is Cc1nc(CC(=O)C[C@H]2CC[C@H](CCN3CCc4nc(OCC(F)(F)F)sc4CC3)OC2)cs1. The Morgan fingerprint density at radius 2 is 2.09 bits per heavy atom. The average molecular weight is 518 g/mol. The number of ketones is 1. The molecule has 2 aromatic rings. The van der Waals surface area contributed by atoms with E-state index >= 15 is 0 Å². The fourth-order valence-electron chi connectivity index (χ4n) is 4.48. The first kappa shape index (κ1) is 25.5. The van der Waals surface area contributed by atoms with Crippen LogP contribution < -0.4 is 4.74 Å². The van der Waals surface area contributed by atoms with Gasteiger partial charge in [0.05, 0.1) is 29.1 Å². The van der Waals surface area contributed by atoms with Crippen molar-refractivity contribution in [3.05, 3.63) is 26.7 Å². The molecule has 2 atom stereocenters. The zero-order valence-corrected chi connectivity index (χ0v) is 20.9. The molecule has 4 rings (SSSR count). The average Bonchev–Trinajstić information content (AvgIpc) is 3.32. The number of fused-ring (bicyclic) bond motifs is 1. The van der Waals surface area contributed by atoms with Gasteiger partial charge in [0.15, 0.2) is 6.61 Å². The Morgan fingerprint density at radius 3 is 2.79 bits per heavy atom. The number of hydrogen-bond donors (Lipinski definition) is 0. The van der Waals surface area contributed by atoms with Gasteiger partial charge in [-0.2, -0.15) is 13.2 Å². The molecule has 2 aliphatic heterocycles. The maximum Gasteiger partial charge on any atom is 0.422 e. The molecule has 11 heteroatoms. The molecule has 6 nitrogen and oxygen atoms in total. The third kappa shape index (κ3) is 7.73. The summed E-state index contributed by atoms with van der Waals surface area (Å²) in [6.45, 7) is 3.89. The molecule has 0 bridgehead atoms. The van der Waals surface area contributed by atoms with Crippen molar-refractivity contribution in [2.45, 2.75) is 64.1 Å². The van der Waals surface area contributed by atoms with Gasteiger partial charge in [0, 0.05) is 49.2 Å². The van der Waals surface area contributed by atoms with Crippen LogP contribution in [0, 0.1) is 12.8 Å². The molecule has 0 saturated carbocycles. The molecule has 0 radical (unpaired) electrons. The van der Waals surface area contributed by atoms with Gasteiger partial charge in [0.2, 0.25) is 0 Å². The van der Waals surface area contributed by atoms with Gasteiger partial charge in [0.25, 0.3) is 5.19 Å². The van der Waals surface area contributed by atoms with Gasteiger partial charge in [-0.3, -0.25) is 4.79 Å². The number of aromatic nitrogens is 2. The van der Waals surface area contributed by atoms with E-state index in [0.717, 1.165) is 73.0 Å². The van der Waals surface area contributed by atoms with Gasteiger partial charge < -0.3 is 14.4 Å². The lowest BCUT2D eigenvalue weighted by Crippen LogP contribution is -2.33. The standard InChI is InChI=1S/C23H30F3N3O3S2/c1-15-27-17(13-33-15)11-18(30)10-16-2-3-19(31-12-16)4-7-29-8-5-20-21(6-9-29)34-22(28-20)32-14-23(24,25)26/h13,16,19H,2-12,14H2,1H3/t16-,19-/m1/s1. The van der Waals surface area contributed by atoms with E-state index in [0.29, 0.717) is 19.4 Å². The quantitative estimate of drug-likeness (QED) is 0.483. The Labute approximate surface area is 205 Å². The number of aryl methyl sites for hydroxylation is 1. The molecule has 0 aliphatic carbocycles. The first-order valence-electron chi connectivity index (χ1n) is 11.7. The number of rotatable bonds is 9. The smallest absolute Gasteiger partial charge is 0.422 e. The van der Waals surface area contributed by atoms with Crippen LogP contribution in [0.15, 0.2) is 5.38 Å². The van der Waals surface area contributed by atoms with Crippen molar-refractivity contribution in [1.82, 2.24) is 14.9 Å². The van der Waals surface area contributed by atoms with Crippen LogP contribution in [0.3, 0.4) is 0 Å². The van der Waals surface area contributed by atoms with Gasteiger partial charge in [0.1, 0.15) is 5.78 Å². The van der Waals surface area contributed by atoms with Crippen molar-refractivity contribution in [3.63, 3.8) is 0 Å². The molecule has 0 amide bonds. The minimum absolute atomic E-state index is 0.112. The molecule has 0 unspecified atom stereocenters. The Morgan fingerprint density at radius 1 is 1.26 bits per heavy atom. The van der Waals surface area contributed by atoms with Crippen LogP contribution in [0.5, 0.6) is 5.19 Å². The van der Waals surface area contributed by atoms with Crippen molar-refractivity contribution in [2.24, 2.45) is 5.92 Å². The molecule has 1 saturated heterocycles. The minimum atomic E-state index is -4.35. The minimum Gasteiger partial charge on any atom is -0.460 e. The highest BCUT2D eigenvalue weighted by atomic mass is 32.1. The van der Waals surface area contributed by atoms with E-state index in [1.54, 1.807) is 11.3 Å². The number of halogens is 3. The van der Waals surface area contributed by atoms with E-state index < -0.39 is 12.8 Å². The lowest BCUT2D eigenvalue weighted by Gasteiger charge is -2.30. The Hall–Kier alpha value is -1.56. The van der Waals surface area contributed by atoms with Gasteiger partial charge in [-0.25, -0.2) is 9.97 Å². The molecular weight excluding hydrogens is 487 g/mol. The summed E-state index contributed by atoms with van der Waals surface area (Å²) >= 11 is 2.80. The first-order chi connectivity index (χ1) is 16.2. The number of thiazole rings is 2. The Bertz CT molecular complexity index is 929. The second-order valence-corrected chi connectivity index (χ2v) is 11.2. The van der Waals surface area contributed by atoms with Crippen LogP contribution in [-0.2, 0) is 28.8 Å². The van der Waals surface area contributed by atoms with Crippen LogP contribution >= 0.6 is 22.7 Å². The van der Waals surface area contributed by atoms with Crippen molar-refractivity contribution in [3.8, 4) is 5.19 Å². The summed E-state index contributed by atoms with van der Waals surface area (Å²) in [7, 11) is 0. The maximum absolute atomic E-state index is 12.4. The number of Topliss-reactive ketones (excluding diaryl/α,β-unsaturated/α-hetero) is 1. The molecule has 34 heavy (non-hydrogen) atoms. The van der Waals surface area contributed by atoms with Crippen molar-refractivity contribution in [2.75, 3.05) is 32.8 Å². The summed E-state index contributed by atoms with van der Waals surface area (Å²) in [6, 6.07) is 0. The topological polar surface area (TPSA) is 64.6 Å². The van der Waals surface area contributed by atoms with Crippen LogP contribution in [0.1, 0.15) is 47.0 Å². The zero-order valence-electron chi connectivity index (χ0n) is 19.2. The lowest BCUT2D eigenvalue weighted by atomic mass is 9.91. The van der Waals surface area contributed by atoms with Crippen LogP contribution in [-0.4, -0.2) is 65.8 Å². The van der Waals surface area contributed by atoms with Crippen LogP contribution in [0.4, 0.5) is 13.2 Å². The monoisotopic (exact) mass is 517 g/mol. The molecule has 188 valence electrons. The zero-order chi connectivity index (χ0) is 24.1. The molecule has 0 N–H and O–H groups in total. The number of ether oxygens (including phenoxy) is 2. The van der Waals surface area contributed by atoms with E-state index in [4.69, 9.17) is 9.47 Å². The maximum atomic E-state index is 12.4. The van der Waals surface area contributed by atoms with E-state index in [1.807, 2.05) is 12.3 Å². The molecule has 0 aromatic carbocycles. The fraction of sp³-hybridized carbons (Fsp3) is 0.696. The summed E-state index contributed by atoms with van der Waals surface area (Å²) < 4.78 is 48.0. The summed E-state index contributed by atoms with van der Waals surface area (Å²) in [6.07, 6.45) is 1.24. The second-order valence-electron chi connectivity index (χ2n) is 9.06.